The average Bonchev–Trinajstić information content (AvgIpc) is 3.12. The third-order valence-corrected chi connectivity index (χ3v) is 6.59. The fraction of sp³-hybridized carbons (Fsp3) is 0.211. The van der Waals surface area contributed by atoms with Crippen molar-refractivity contribution in [3.8, 4) is 34.5 Å². The maximum atomic E-state index is 11.4. The van der Waals surface area contributed by atoms with Gasteiger partial charge in [0.1, 0.15) is 51.1 Å². The summed E-state index contributed by atoms with van der Waals surface area (Å²) >= 11 is 0. The van der Waals surface area contributed by atoms with Crippen molar-refractivity contribution in [2.75, 3.05) is 39.6 Å². The summed E-state index contributed by atoms with van der Waals surface area (Å²) < 4.78 is 40.3. The predicted octanol–water partition coefficient (Wildman–Crippen LogP) is 7.07. The number of ether oxygens (including phenoxy) is 7. The number of rotatable bonds is 22. The molecule has 4 aromatic rings. The lowest BCUT2D eigenvalue weighted by Crippen LogP contribution is -2.12. The molecule has 0 aliphatic heterocycles. The van der Waals surface area contributed by atoms with E-state index >= 15 is 0 Å². The Bertz CT molecular complexity index is 1460. The molecular weight excluding hydrogens is 600 g/mol. The molecule has 0 aliphatic rings. The Balaban J connectivity index is 1.11. The number of para-hydroxylation sites is 2. The van der Waals surface area contributed by atoms with Gasteiger partial charge in [-0.15, -0.1) is 0 Å². The largest absolute Gasteiger partial charge is 0.491 e. The van der Waals surface area contributed by atoms with E-state index in [0.29, 0.717) is 85.3 Å². The number of carbonyl (C=O) groups excluding carboxylic acids is 2. The van der Waals surface area contributed by atoms with Crippen LogP contribution in [-0.2, 0) is 18.0 Å². The second-order valence-corrected chi connectivity index (χ2v) is 9.96. The SMILES string of the molecule is C=CCOc1c(C=O)cccc1OCc1ccc(OCCOCCOc2ccc(COc3cccc(C=O)c3OCC=C)cc2)cc1. The van der Waals surface area contributed by atoms with Crippen molar-refractivity contribution in [3.63, 3.8) is 0 Å². The zero-order valence-electron chi connectivity index (χ0n) is 26.1. The van der Waals surface area contributed by atoms with Crippen molar-refractivity contribution >= 4 is 12.6 Å². The molecule has 0 saturated carbocycles. The van der Waals surface area contributed by atoms with Gasteiger partial charge in [-0.1, -0.05) is 61.7 Å². The van der Waals surface area contributed by atoms with Crippen LogP contribution in [0.15, 0.2) is 110 Å². The summed E-state index contributed by atoms with van der Waals surface area (Å²) in [5.41, 5.74) is 2.71. The number of hydrogen-bond acceptors (Lipinski definition) is 9. The van der Waals surface area contributed by atoms with E-state index in [2.05, 4.69) is 13.2 Å². The molecule has 0 fully saturated rings. The molecule has 9 nitrogen and oxygen atoms in total. The van der Waals surface area contributed by atoms with Crippen LogP contribution in [0.4, 0.5) is 0 Å². The highest BCUT2D eigenvalue weighted by atomic mass is 16.5. The van der Waals surface area contributed by atoms with Crippen molar-refractivity contribution in [1.82, 2.24) is 0 Å². The summed E-state index contributed by atoms with van der Waals surface area (Å²) in [5, 5.41) is 0. The smallest absolute Gasteiger partial charge is 0.172 e. The van der Waals surface area contributed by atoms with Gasteiger partial charge in [-0.3, -0.25) is 9.59 Å². The van der Waals surface area contributed by atoms with Crippen molar-refractivity contribution in [2.24, 2.45) is 0 Å². The van der Waals surface area contributed by atoms with Crippen molar-refractivity contribution in [1.29, 1.82) is 0 Å². The maximum Gasteiger partial charge on any atom is 0.172 e. The van der Waals surface area contributed by atoms with E-state index in [9.17, 15) is 9.59 Å². The molecule has 9 heteroatoms. The highest BCUT2D eigenvalue weighted by Crippen LogP contribution is 2.32. The molecule has 0 saturated heterocycles. The van der Waals surface area contributed by atoms with Gasteiger partial charge in [0.15, 0.2) is 35.6 Å². The monoisotopic (exact) mass is 638 g/mol. The van der Waals surface area contributed by atoms with E-state index < -0.39 is 0 Å². The van der Waals surface area contributed by atoms with Crippen molar-refractivity contribution in [3.05, 3.63) is 132 Å². The first kappa shape index (κ1) is 34.3. The van der Waals surface area contributed by atoms with Gasteiger partial charge in [0.05, 0.1) is 24.3 Å². The minimum absolute atomic E-state index is 0.270. The zero-order valence-corrected chi connectivity index (χ0v) is 26.1. The van der Waals surface area contributed by atoms with E-state index in [1.54, 1.807) is 48.6 Å². The van der Waals surface area contributed by atoms with Crippen LogP contribution in [0.3, 0.4) is 0 Å². The molecule has 4 rings (SSSR count). The second kappa shape index (κ2) is 19.1. The maximum absolute atomic E-state index is 11.4. The number of hydrogen-bond donors (Lipinski definition) is 0. The Kier molecular flexibility index (Phi) is 13.9. The summed E-state index contributed by atoms with van der Waals surface area (Å²) in [4.78, 5) is 22.7. The number of benzene rings is 4. The summed E-state index contributed by atoms with van der Waals surface area (Å²) in [6, 6.07) is 25.5. The Hall–Kier alpha value is -5.54. The van der Waals surface area contributed by atoms with Crippen LogP contribution in [0, 0.1) is 0 Å². The first-order valence-electron chi connectivity index (χ1n) is 15.1. The van der Waals surface area contributed by atoms with Gasteiger partial charge in [-0.05, 0) is 59.7 Å². The van der Waals surface area contributed by atoms with Crippen LogP contribution in [0.25, 0.3) is 0 Å². The van der Waals surface area contributed by atoms with E-state index in [4.69, 9.17) is 33.2 Å². The molecular formula is C38H38O9. The lowest BCUT2D eigenvalue weighted by atomic mass is 10.2. The first-order valence-corrected chi connectivity index (χ1v) is 15.1. The van der Waals surface area contributed by atoms with Crippen LogP contribution < -0.4 is 28.4 Å². The topological polar surface area (TPSA) is 98.8 Å². The molecule has 244 valence electrons. The summed E-state index contributed by atoms with van der Waals surface area (Å²) in [6.07, 6.45) is 4.70. The third-order valence-electron chi connectivity index (χ3n) is 6.59. The highest BCUT2D eigenvalue weighted by Gasteiger charge is 2.12. The van der Waals surface area contributed by atoms with Gasteiger partial charge in [-0.25, -0.2) is 0 Å². The molecule has 0 aliphatic carbocycles. The molecule has 0 N–H and O–H groups in total. The van der Waals surface area contributed by atoms with Gasteiger partial charge in [0.2, 0.25) is 0 Å². The Morgan fingerprint density at radius 3 is 1.30 bits per heavy atom. The van der Waals surface area contributed by atoms with Gasteiger partial charge in [0.25, 0.3) is 0 Å². The minimum atomic E-state index is 0.270. The van der Waals surface area contributed by atoms with Gasteiger partial charge < -0.3 is 33.2 Å². The van der Waals surface area contributed by atoms with E-state index in [1.807, 2.05) is 48.5 Å². The van der Waals surface area contributed by atoms with E-state index in [0.717, 1.165) is 23.7 Å². The molecule has 47 heavy (non-hydrogen) atoms. The lowest BCUT2D eigenvalue weighted by molar-refractivity contribution is 0.0764. The standard InChI is InChI=1S/C38H38O9/c1-3-19-44-37-31(25-39)7-5-9-35(37)46-27-29-11-15-33(16-12-29)42-23-21-41-22-24-43-34-17-13-30(14-18-34)28-47-36-10-6-8-32(26-40)38(36)45-20-4-2/h3-18,25-26H,1-2,19-24,27-28H2. The lowest BCUT2D eigenvalue weighted by Gasteiger charge is -2.14. The fourth-order valence-electron chi connectivity index (χ4n) is 4.30. The Morgan fingerprint density at radius 2 is 0.915 bits per heavy atom. The van der Waals surface area contributed by atoms with Gasteiger partial charge in [0, 0.05) is 0 Å². The molecule has 4 aromatic carbocycles. The normalized spacial score (nSPS) is 10.4. The molecule has 0 atom stereocenters. The predicted molar refractivity (Wildman–Crippen MR) is 178 cm³/mol. The van der Waals surface area contributed by atoms with Crippen LogP contribution in [-0.4, -0.2) is 52.2 Å². The molecule has 0 radical (unpaired) electrons. The molecule has 0 spiro atoms. The van der Waals surface area contributed by atoms with Crippen LogP contribution in [0.2, 0.25) is 0 Å². The molecule has 0 bridgehead atoms. The molecule has 0 unspecified atom stereocenters. The minimum Gasteiger partial charge on any atom is -0.491 e. The quantitative estimate of drug-likeness (QED) is 0.0508. The zero-order chi connectivity index (χ0) is 33.1. The van der Waals surface area contributed by atoms with E-state index in [1.165, 1.54) is 0 Å². The summed E-state index contributed by atoms with van der Waals surface area (Å²) in [6.45, 7) is 10.0. The Morgan fingerprint density at radius 1 is 0.489 bits per heavy atom. The molecule has 0 aromatic heterocycles. The third kappa shape index (κ3) is 10.8. The fourth-order valence-corrected chi connectivity index (χ4v) is 4.30. The second-order valence-electron chi connectivity index (χ2n) is 9.96. The molecule has 0 heterocycles. The van der Waals surface area contributed by atoms with Crippen LogP contribution in [0.1, 0.15) is 31.8 Å². The Labute approximate surface area is 274 Å². The summed E-state index contributed by atoms with van der Waals surface area (Å²) in [7, 11) is 0. The van der Waals surface area contributed by atoms with Gasteiger partial charge >= 0.3 is 0 Å². The first-order chi connectivity index (χ1) is 23.1. The van der Waals surface area contributed by atoms with E-state index in [-0.39, 0.29) is 13.2 Å². The highest BCUT2D eigenvalue weighted by molar-refractivity contribution is 5.81. The number of aldehydes is 2. The van der Waals surface area contributed by atoms with Crippen molar-refractivity contribution < 1.29 is 42.7 Å². The van der Waals surface area contributed by atoms with Crippen LogP contribution >= 0.6 is 0 Å². The summed E-state index contributed by atoms with van der Waals surface area (Å²) in [5.74, 6) is 3.21. The number of carbonyl (C=O) groups is 2. The van der Waals surface area contributed by atoms with Crippen molar-refractivity contribution in [2.45, 2.75) is 13.2 Å². The van der Waals surface area contributed by atoms with Gasteiger partial charge in [-0.2, -0.15) is 0 Å². The molecule has 0 amide bonds. The van der Waals surface area contributed by atoms with Crippen LogP contribution in [0.5, 0.6) is 34.5 Å². The average molecular weight is 639 g/mol.